The number of carboxylic acids is 1. The van der Waals surface area contributed by atoms with E-state index in [-0.39, 0.29) is 11.3 Å². The van der Waals surface area contributed by atoms with E-state index in [1.807, 2.05) is 0 Å². The lowest BCUT2D eigenvalue weighted by Crippen LogP contribution is -1.90. The number of carbonyl (C=O) groups is 1. The predicted molar refractivity (Wildman–Crippen MR) is 49.3 cm³/mol. The Kier molecular flexibility index (Phi) is 2.87. The number of phenols is 1. The van der Waals surface area contributed by atoms with Crippen LogP contribution in [0.15, 0.2) is 30.3 Å². The lowest BCUT2D eigenvalue weighted by Gasteiger charge is -1.98. The Morgan fingerprint density at radius 3 is 2.71 bits per heavy atom. The number of benzene rings is 1. The highest BCUT2D eigenvalue weighted by Crippen LogP contribution is 2.18. The van der Waals surface area contributed by atoms with Gasteiger partial charge in [-0.1, -0.05) is 12.1 Å². The van der Waals surface area contributed by atoms with E-state index in [9.17, 15) is 4.79 Å². The van der Waals surface area contributed by atoms with Gasteiger partial charge in [0, 0.05) is 6.08 Å². The van der Waals surface area contributed by atoms with Crippen LogP contribution >= 0.6 is 0 Å². The minimum atomic E-state index is -1.19. The lowest BCUT2D eigenvalue weighted by atomic mass is 10.1. The van der Waals surface area contributed by atoms with Gasteiger partial charge in [-0.15, -0.1) is 0 Å². The van der Waals surface area contributed by atoms with E-state index in [0.717, 1.165) is 6.08 Å². The zero-order valence-corrected chi connectivity index (χ0v) is 7.14. The van der Waals surface area contributed by atoms with Gasteiger partial charge in [-0.3, -0.25) is 0 Å². The Bertz CT molecular complexity index is 429. The molecule has 0 fully saturated rings. The number of hydrogen-bond donors (Lipinski definition) is 2. The van der Waals surface area contributed by atoms with E-state index < -0.39 is 5.97 Å². The first kappa shape index (κ1) is 9.81. The van der Waals surface area contributed by atoms with Crippen LogP contribution < -0.4 is 0 Å². The second kappa shape index (κ2) is 4.10. The van der Waals surface area contributed by atoms with E-state index in [1.165, 1.54) is 18.2 Å². The summed E-state index contributed by atoms with van der Waals surface area (Å²) in [5, 5.41) is 26.2. The number of aromatic hydroxyl groups is 1. The summed E-state index contributed by atoms with van der Waals surface area (Å²) in [7, 11) is 0. The number of phenolic OH excluding ortho intramolecular Hbond substituents is 1. The van der Waals surface area contributed by atoms with Crippen molar-refractivity contribution in [3.05, 3.63) is 35.9 Å². The fraction of sp³-hybridized carbons (Fsp3) is 0. The van der Waals surface area contributed by atoms with Crippen molar-refractivity contribution in [3.63, 3.8) is 0 Å². The van der Waals surface area contributed by atoms with E-state index >= 15 is 0 Å². The van der Waals surface area contributed by atoms with Crippen LogP contribution in [0, 0.1) is 11.3 Å². The molecule has 0 aliphatic rings. The molecule has 70 valence electrons. The van der Waals surface area contributed by atoms with Crippen molar-refractivity contribution in [3.8, 4) is 11.8 Å². The minimum absolute atomic E-state index is 0.00552. The quantitative estimate of drug-likeness (QED) is 0.544. The summed E-state index contributed by atoms with van der Waals surface area (Å²) < 4.78 is 0. The van der Waals surface area contributed by atoms with Crippen LogP contribution in [0.3, 0.4) is 0 Å². The highest BCUT2D eigenvalue weighted by Gasteiger charge is 2.03. The third-order valence-corrected chi connectivity index (χ3v) is 1.55. The molecule has 0 unspecified atom stereocenters. The van der Waals surface area contributed by atoms with Crippen molar-refractivity contribution < 1.29 is 15.0 Å². The van der Waals surface area contributed by atoms with Gasteiger partial charge in [-0.2, -0.15) is 5.26 Å². The fourth-order valence-corrected chi connectivity index (χ4v) is 0.977. The highest BCUT2D eigenvalue weighted by molar-refractivity contribution is 5.94. The average molecular weight is 189 g/mol. The maximum Gasteiger partial charge on any atom is 0.329 e. The van der Waals surface area contributed by atoms with Gasteiger partial charge in [0.15, 0.2) is 0 Å². The van der Waals surface area contributed by atoms with Crippen LogP contribution in [0.5, 0.6) is 5.75 Å². The molecule has 0 saturated carbocycles. The second-order valence-electron chi connectivity index (χ2n) is 2.56. The monoisotopic (exact) mass is 189 g/mol. The van der Waals surface area contributed by atoms with Crippen molar-refractivity contribution in [2.45, 2.75) is 0 Å². The normalized spacial score (nSPS) is 10.6. The highest BCUT2D eigenvalue weighted by atomic mass is 16.4. The molecule has 0 aromatic heterocycles. The van der Waals surface area contributed by atoms with Crippen molar-refractivity contribution in [1.82, 2.24) is 0 Å². The largest absolute Gasteiger partial charge is 0.508 e. The molecule has 0 saturated heterocycles. The minimum Gasteiger partial charge on any atom is -0.508 e. The van der Waals surface area contributed by atoms with E-state index in [4.69, 9.17) is 15.5 Å². The van der Waals surface area contributed by atoms with Crippen molar-refractivity contribution in [2.24, 2.45) is 0 Å². The molecule has 0 heterocycles. The maximum atomic E-state index is 10.3. The molecule has 1 rings (SSSR count). The van der Waals surface area contributed by atoms with Gasteiger partial charge in [0.25, 0.3) is 0 Å². The van der Waals surface area contributed by atoms with E-state index in [0.29, 0.717) is 5.56 Å². The lowest BCUT2D eigenvalue weighted by molar-refractivity contribution is -0.131. The van der Waals surface area contributed by atoms with Crippen LogP contribution in [0.4, 0.5) is 0 Å². The van der Waals surface area contributed by atoms with E-state index in [1.54, 1.807) is 12.1 Å². The van der Waals surface area contributed by atoms with Crippen LogP contribution in [-0.4, -0.2) is 16.2 Å². The first-order chi connectivity index (χ1) is 6.63. The summed E-state index contributed by atoms with van der Waals surface area (Å²) in [6, 6.07) is 7.61. The number of hydrogen-bond acceptors (Lipinski definition) is 3. The molecule has 0 radical (unpaired) electrons. The van der Waals surface area contributed by atoms with Gasteiger partial charge in [-0.25, -0.2) is 4.79 Å². The van der Waals surface area contributed by atoms with Gasteiger partial charge in [-0.05, 0) is 17.7 Å². The molecule has 1 aromatic rings. The first-order valence-corrected chi connectivity index (χ1v) is 3.77. The van der Waals surface area contributed by atoms with Crippen LogP contribution in [0.2, 0.25) is 0 Å². The molecule has 0 amide bonds. The van der Waals surface area contributed by atoms with Gasteiger partial charge in [0.05, 0.1) is 5.57 Å². The summed E-state index contributed by atoms with van der Waals surface area (Å²) in [5.74, 6) is -1.20. The SMILES string of the molecule is N#CC(=CC(=O)O)c1cccc(O)c1. The zero-order chi connectivity index (χ0) is 10.6. The summed E-state index contributed by atoms with van der Waals surface area (Å²) in [5.41, 5.74) is 0.392. The molecule has 0 aliphatic heterocycles. The molecular formula is C10H7NO3. The number of allylic oxidation sites excluding steroid dienone is 1. The molecule has 0 bridgehead atoms. The summed E-state index contributed by atoms with van der Waals surface area (Å²) in [6.07, 6.45) is 0.800. The molecule has 1 aromatic carbocycles. The Morgan fingerprint density at radius 2 is 2.21 bits per heavy atom. The Hall–Kier alpha value is -2.28. The molecule has 0 spiro atoms. The molecule has 14 heavy (non-hydrogen) atoms. The summed E-state index contributed by atoms with van der Waals surface area (Å²) in [4.78, 5) is 10.3. The molecule has 0 atom stereocenters. The van der Waals surface area contributed by atoms with Crippen molar-refractivity contribution in [1.29, 1.82) is 5.26 Å². The molecular weight excluding hydrogens is 182 g/mol. The van der Waals surface area contributed by atoms with Gasteiger partial charge in [0.2, 0.25) is 0 Å². The van der Waals surface area contributed by atoms with Gasteiger partial charge in [0.1, 0.15) is 11.8 Å². The molecule has 4 heteroatoms. The van der Waals surface area contributed by atoms with Gasteiger partial charge >= 0.3 is 5.97 Å². The van der Waals surface area contributed by atoms with Crippen LogP contribution in [0.25, 0.3) is 5.57 Å². The number of aliphatic carboxylic acids is 1. The fourth-order valence-electron chi connectivity index (χ4n) is 0.977. The summed E-state index contributed by atoms with van der Waals surface area (Å²) in [6.45, 7) is 0. The standard InChI is InChI=1S/C10H7NO3/c11-6-8(5-10(13)14)7-2-1-3-9(12)4-7/h1-5,12H,(H,13,14). The van der Waals surface area contributed by atoms with Crippen molar-refractivity contribution >= 4 is 11.5 Å². The third kappa shape index (κ3) is 2.35. The molecule has 0 aliphatic carbocycles. The predicted octanol–water partition coefficient (Wildman–Crippen LogP) is 1.38. The Labute approximate surface area is 80.3 Å². The van der Waals surface area contributed by atoms with Crippen LogP contribution in [0.1, 0.15) is 5.56 Å². The van der Waals surface area contributed by atoms with Gasteiger partial charge < -0.3 is 10.2 Å². The topological polar surface area (TPSA) is 81.3 Å². The first-order valence-electron chi connectivity index (χ1n) is 3.77. The number of rotatable bonds is 2. The second-order valence-corrected chi connectivity index (χ2v) is 2.56. The van der Waals surface area contributed by atoms with Crippen LogP contribution in [-0.2, 0) is 4.79 Å². The van der Waals surface area contributed by atoms with Crippen molar-refractivity contribution in [2.75, 3.05) is 0 Å². The number of carboxylic acid groups (broad SMARTS) is 1. The molecule has 4 nitrogen and oxygen atoms in total. The number of nitrogens with zero attached hydrogens (tertiary/aromatic N) is 1. The third-order valence-electron chi connectivity index (χ3n) is 1.55. The average Bonchev–Trinajstić information content (AvgIpc) is 2.14. The Morgan fingerprint density at radius 1 is 1.50 bits per heavy atom. The smallest absolute Gasteiger partial charge is 0.329 e. The molecule has 2 N–H and O–H groups in total. The number of nitriles is 1. The maximum absolute atomic E-state index is 10.3. The summed E-state index contributed by atoms with van der Waals surface area (Å²) >= 11 is 0. The zero-order valence-electron chi connectivity index (χ0n) is 7.14. The van der Waals surface area contributed by atoms with E-state index in [2.05, 4.69) is 0 Å². The Balaban J connectivity index is 3.15.